The Bertz CT molecular complexity index is 278. The van der Waals surface area contributed by atoms with Crippen LogP contribution >= 0.6 is 0 Å². The molecule has 0 aromatic rings. The van der Waals surface area contributed by atoms with Crippen molar-refractivity contribution in [3.63, 3.8) is 0 Å². The molecule has 0 aliphatic rings. The third kappa shape index (κ3) is 9.04. The molecule has 0 heteroatoms. The second-order valence-electron chi connectivity index (χ2n) is 4.71. The Balaban J connectivity index is 3.76. The number of rotatable bonds is 11. The topological polar surface area (TPSA) is 0 Å². The highest BCUT2D eigenvalue weighted by Crippen LogP contribution is 2.12. The smallest absolute Gasteiger partial charge is 0.0282 e. The molecule has 102 valence electrons. The van der Waals surface area contributed by atoms with E-state index >= 15 is 0 Å². The molecule has 0 rings (SSSR count). The molecule has 0 amide bonds. The van der Waals surface area contributed by atoms with Crippen LogP contribution in [0.3, 0.4) is 0 Å². The van der Waals surface area contributed by atoms with Crippen LogP contribution in [0.15, 0.2) is 48.6 Å². The minimum Gasteiger partial charge on any atom is -0.0988 e. The van der Waals surface area contributed by atoms with Gasteiger partial charge in [-0.25, -0.2) is 0 Å². The van der Waals surface area contributed by atoms with Crippen molar-refractivity contribution in [1.29, 1.82) is 0 Å². The maximum atomic E-state index is 3.89. The van der Waals surface area contributed by atoms with Gasteiger partial charge in [0.1, 0.15) is 0 Å². The molecule has 0 saturated heterocycles. The molecule has 0 saturated carbocycles. The summed E-state index contributed by atoms with van der Waals surface area (Å²) < 4.78 is 0. The quantitative estimate of drug-likeness (QED) is 0.293. The van der Waals surface area contributed by atoms with E-state index < -0.39 is 0 Å². The molecule has 0 bridgehead atoms. The molecule has 0 aliphatic heterocycles. The van der Waals surface area contributed by atoms with Crippen LogP contribution in [-0.4, -0.2) is 0 Å². The van der Waals surface area contributed by atoms with Gasteiger partial charge in [-0.05, 0) is 44.9 Å². The van der Waals surface area contributed by atoms with Gasteiger partial charge in [-0.15, -0.1) is 0 Å². The van der Waals surface area contributed by atoms with Gasteiger partial charge in [-0.2, -0.15) is 0 Å². The van der Waals surface area contributed by atoms with E-state index in [-0.39, 0.29) is 0 Å². The molecule has 0 nitrogen and oxygen atoms in total. The van der Waals surface area contributed by atoms with Crippen molar-refractivity contribution in [2.24, 2.45) is 0 Å². The first-order chi connectivity index (χ1) is 8.78. The molecule has 0 spiro atoms. The van der Waals surface area contributed by atoms with Crippen LogP contribution in [0.25, 0.3) is 0 Å². The van der Waals surface area contributed by atoms with Crippen molar-refractivity contribution in [3.05, 3.63) is 48.6 Å². The monoisotopic (exact) mass is 246 g/mol. The van der Waals surface area contributed by atoms with Crippen LogP contribution in [0.1, 0.15) is 65.2 Å². The lowest BCUT2D eigenvalue weighted by Crippen LogP contribution is -1.81. The van der Waals surface area contributed by atoms with Gasteiger partial charge in [0.2, 0.25) is 0 Å². The van der Waals surface area contributed by atoms with Crippen LogP contribution in [0.5, 0.6) is 0 Å². The molecule has 0 aromatic carbocycles. The lowest BCUT2D eigenvalue weighted by Gasteiger charge is -2.01. The molecular weight excluding hydrogens is 216 g/mol. The van der Waals surface area contributed by atoms with Crippen molar-refractivity contribution in [2.75, 3.05) is 0 Å². The Hall–Kier alpha value is -1.04. The zero-order valence-corrected chi connectivity index (χ0v) is 12.4. The highest BCUT2D eigenvalue weighted by atomic mass is 14.0. The molecule has 0 radical (unpaired) electrons. The van der Waals surface area contributed by atoms with Crippen molar-refractivity contribution in [1.82, 2.24) is 0 Å². The van der Waals surface area contributed by atoms with Gasteiger partial charge in [0.25, 0.3) is 0 Å². The fourth-order valence-electron chi connectivity index (χ4n) is 1.90. The van der Waals surface area contributed by atoms with Crippen LogP contribution < -0.4 is 0 Å². The summed E-state index contributed by atoms with van der Waals surface area (Å²) in [5, 5.41) is 0. The average Bonchev–Trinajstić information content (AvgIpc) is 2.41. The zero-order chi connectivity index (χ0) is 13.6. The van der Waals surface area contributed by atoms with Gasteiger partial charge in [0.15, 0.2) is 0 Å². The molecule has 0 N–H and O–H groups in total. The third-order valence-corrected chi connectivity index (χ3v) is 3.22. The third-order valence-electron chi connectivity index (χ3n) is 3.22. The fraction of sp³-hybridized carbons (Fsp3) is 0.556. The highest BCUT2D eigenvalue weighted by Gasteiger charge is 1.92. The van der Waals surface area contributed by atoms with E-state index in [0.717, 1.165) is 6.42 Å². The van der Waals surface area contributed by atoms with Crippen LogP contribution in [0.4, 0.5) is 0 Å². The standard InChI is InChI=1S/C18H30/c1-5-9-14-18(8-4)16-13-11-10-12-15-17(6-2)7-3/h6,8,15-16H,2,4-5,7,9-14H2,1,3H3. The number of allylic oxidation sites excluding steroid dienone is 6. The lowest BCUT2D eigenvalue weighted by atomic mass is 10.1. The number of unbranched alkanes of at least 4 members (excludes halogenated alkanes) is 4. The van der Waals surface area contributed by atoms with Gasteiger partial charge in [-0.3, -0.25) is 0 Å². The second kappa shape index (κ2) is 12.4. The van der Waals surface area contributed by atoms with Gasteiger partial charge >= 0.3 is 0 Å². The van der Waals surface area contributed by atoms with Crippen LogP contribution in [0.2, 0.25) is 0 Å². The molecule has 0 atom stereocenters. The maximum absolute atomic E-state index is 3.89. The van der Waals surface area contributed by atoms with E-state index in [4.69, 9.17) is 0 Å². The summed E-state index contributed by atoms with van der Waals surface area (Å²) in [6, 6.07) is 0. The van der Waals surface area contributed by atoms with Crippen molar-refractivity contribution in [2.45, 2.75) is 65.2 Å². The maximum Gasteiger partial charge on any atom is -0.0282 e. The molecule has 0 aromatic heterocycles. The van der Waals surface area contributed by atoms with Crippen molar-refractivity contribution < 1.29 is 0 Å². The minimum absolute atomic E-state index is 1.10. The Morgan fingerprint density at radius 3 is 1.83 bits per heavy atom. The SMILES string of the molecule is C=CC(=CCCCCC=C(C=C)CCCC)CC. The molecule has 0 heterocycles. The van der Waals surface area contributed by atoms with E-state index in [9.17, 15) is 0 Å². The summed E-state index contributed by atoms with van der Waals surface area (Å²) >= 11 is 0. The first kappa shape index (κ1) is 17.0. The van der Waals surface area contributed by atoms with E-state index in [0.29, 0.717) is 0 Å². The van der Waals surface area contributed by atoms with Crippen LogP contribution in [-0.2, 0) is 0 Å². The van der Waals surface area contributed by atoms with Crippen molar-refractivity contribution >= 4 is 0 Å². The predicted molar refractivity (Wildman–Crippen MR) is 84.8 cm³/mol. The zero-order valence-electron chi connectivity index (χ0n) is 12.4. The number of hydrogen-bond acceptors (Lipinski definition) is 0. The average molecular weight is 246 g/mol. The number of hydrogen-bond donors (Lipinski definition) is 0. The first-order valence-corrected chi connectivity index (χ1v) is 7.41. The van der Waals surface area contributed by atoms with E-state index in [1.165, 1.54) is 56.1 Å². The summed E-state index contributed by atoms with van der Waals surface area (Å²) in [6.45, 7) is 12.1. The predicted octanol–water partition coefficient (Wildman–Crippen LogP) is 6.37. The fourth-order valence-corrected chi connectivity index (χ4v) is 1.90. The molecule has 0 fully saturated rings. The Kier molecular flexibility index (Phi) is 11.7. The Morgan fingerprint density at radius 1 is 0.833 bits per heavy atom. The first-order valence-electron chi connectivity index (χ1n) is 7.41. The van der Waals surface area contributed by atoms with E-state index in [1.807, 2.05) is 12.2 Å². The van der Waals surface area contributed by atoms with E-state index in [2.05, 4.69) is 39.2 Å². The second-order valence-corrected chi connectivity index (χ2v) is 4.71. The molecular formula is C18H30. The van der Waals surface area contributed by atoms with Gasteiger partial charge < -0.3 is 0 Å². The summed E-state index contributed by atoms with van der Waals surface area (Å²) in [7, 11) is 0. The normalized spacial score (nSPS) is 12.6. The Morgan fingerprint density at radius 2 is 1.39 bits per heavy atom. The largest absolute Gasteiger partial charge is 0.0988 e. The minimum atomic E-state index is 1.10. The molecule has 0 unspecified atom stereocenters. The molecule has 0 aliphatic carbocycles. The van der Waals surface area contributed by atoms with Gasteiger partial charge in [0, 0.05) is 0 Å². The summed E-state index contributed by atoms with van der Waals surface area (Å²) in [5.41, 5.74) is 2.80. The summed E-state index contributed by atoms with van der Waals surface area (Å²) in [5.74, 6) is 0. The summed E-state index contributed by atoms with van der Waals surface area (Å²) in [4.78, 5) is 0. The molecule has 18 heavy (non-hydrogen) atoms. The van der Waals surface area contributed by atoms with Crippen LogP contribution in [0, 0.1) is 0 Å². The van der Waals surface area contributed by atoms with Gasteiger partial charge in [-0.1, -0.05) is 68.9 Å². The highest BCUT2D eigenvalue weighted by molar-refractivity contribution is 5.16. The van der Waals surface area contributed by atoms with Crippen molar-refractivity contribution in [3.8, 4) is 0 Å². The summed E-state index contributed by atoms with van der Waals surface area (Å²) in [6.07, 6.45) is 18.4. The van der Waals surface area contributed by atoms with Gasteiger partial charge in [0.05, 0.1) is 0 Å². The lowest BCUT2D eigenvalue weighted by molar-refractivity contribution is 0.748. The van der Waals surface area contributed by atoms with E-state index in [1.54, 1.807) is 0 Å². The Labute approximate surface area is 114 Å².